The highest BCUT2D eigenvalue weighted by Crippen LogP contribution is 2.17. The van der Waals surface area contributed by atoms with Crippen LogP contribution in [0.25, 0.3) is 0 Å². The lowest BCUT2D eigenvalue weighted by Crippen LogP contribution is -2.03. The highest BCUT2D eigenvalue weighted by atomic mass is 127. The van der Waals surface area contributed by atoms with Gasteiger partial charge < -0.3 is 5.11 Å². The van der Waals surface area contributed by atoms with E-state index in [-0.39, 0.29) is 3.57 Å². The predicted octanol–water partition coefficient (Wildman–Crippen LogP) is 2.27. The van der Waals surface area contributed by atoms with Gasteiger partial charge in [0.2, 0.25) is 0 Å². The Labute approximate surface area is 80.3 Å². The molecular formula is C7H3F2IO2. The lowest BCUT2D eigenvalue weighted by atomic mass is 10.2. The van der Waals surface area contributed by atoms with E-state index in [1.165, 1.54) is 22.6 Å². The molecule has 64 valence electrons. The Morgan fingerprint density at radius 1 is 1.42 bits per heavy atom. The summed E-state index contributed by atoms with van der Waals surface area (Å²) in [5, 5.41) is 8.40. The number of hydrogen-bond donors (Lipinski definition) is 1. The second-order valence-electron chi connectivity index (χ2n) is 2.05. The summed E-state index contributed by atoms with van der Waals surface area (Å²) in [6, 6.07) is 1.59. The van der Waals surface area contributed by atoms with E-state index < -0.39 is 23.2 Å². The standard InChI is InChI=1S/C7H3F2IO2/c8-3-1-4(7(11)12)6(9)5(10)2-3/h1-2H,(H,11,12). The lowest BCUT2D eigenvalue weighted by Gasteiger charge is -1.99. The highest BCUT2D eigenvalue weighted by molar-refractivity contribution is 14.1. The minimum absolute atomic E-state index is 0.0370. The van der Waals surface area contributed by atoms with Crippen molar-refractivity contribution in [1.29, 1.82) is 0 Å². The van der Waals surface area contributed by atoms with Crippen LogP contribution in [0.4, 0.5) is 8.78 Å². The summed E-state index contributed by atoms with van der Waals surface area (Å²) in [5.74, 6) is -3.12. The van der Waals surface area contributed by atoms with Gasteiger partial charge in [-0.3, -0.25) is 0 Å². The van der Waals surface area contributed by atoms with Crippen LogP contribution in [-0.2, 0) is 0 Å². The van der Waals surface area contributed by atoms with Crippen LogP contribution in [0.1, 0.15) is 10.4 Å². The molecule has 5 heteroatoms. The van der Waals surface area contributed by atoms with Gasteiger partial charge in [0.25, 0.3) is 0 Å². The molecule has 0 atom stereocenters. The first kappa shape index (κ1) is 9.37. The molecule has 2 nitrogen and oxygen atoms in total. The molecule has 1 N–H and O–H groups in total. The highest BCUT2D eigenvalue weighted by Gasteiger charge is 2.14. The number of carboxylic acids is 1. The van der Waals surface area contributed by atoms with Crippen molar-refractivity contribution in [1.82, 2.24) is 0 Å². The summed E-state index contributed by atoms with van der Waals surface area (Å²) >= 11 is 1.53. The number of halogens is 3. The van der Waals surface area contributed by atoms with Gasteiger partial charge in [0.1, 0.15) is 5.82 Å². The number of benzene rings is 1. The van der Waals surface area contributed by atoms with Crippen LogP contribution in [0.3, 0.4) is 0 Å². The maximum Gasteiger partial charge on any atom is 0.338 e. The van der Waals surface area contributed by atoms with Crippen molar-refractivity contribution in [3.8, 4) is 0 Å². The van der Waals surface area contributed by atoms with Crippen LogP contribution < -0.4 is 0 Å². The molecule has 0 bridgehead atoms. The maximum atomic E-state index is 12.9. The minimum atomic E-state index is -1.47. The molecule has 1 rings (SSSR count). The Bertz CT molecular complexity index is 338. The summed E-state index contributed by atoms with van der Waals surface area (Å²) < 4.78 is 25.4. The van der Waals surface area contributed by atoms with Gasteiger partial charge in [-0.1, -0.05) is 0 Å². The van der Waals surface area contributed by atoms with Crippen LogP contribution >= 0.6 is 22.6 Å². The number of aromatic carboxylic acids is 1. The normalized spacial score (nSPS) is 9.92. The zero-order chi connectivity index (χ0) is 9.30. The Hall–Kier alpha value is -0.720. The average molecular weight is 284 g/mol. The predicted molar refractivity (Wildman–Crippen MR) is 46.0 cm³/mol. The van der Waals surface area contributed by atoms with Gasteiger partial charge in [-0.2, -0.15) is 0 Å². The largest absolute Gasteiger partial charge is 0.478 e. The molecule has 0 saturated carbocycles. The molecule has 0 aliphatic carbocycles. The first-order chi connectivity index (χ1) is 5.52. The summed E-state index contributed by atoms with van der Waals surface area (Å²) in [6.45, 7) is 0. The van der Waals surface area contributed by atoms with Crippen molar-refractivity contribution < 1.29 is 18.7 Å². The van der Waals surface area contributed by atoms with Gasteiger partial charge in [-0.05, 0) is 34.7 Å². The molecule has 1 aromatic carbocycles. The molecule has 0 aromatic heterocycles. The fraction of sp³-hybridized carbons (Fsp3) is 0. The summed E-state index contributed by atoms with van der Waals surface area (Å²) in [5.41, 5.74) is -0.639. The fourth-order valence-corrected chi connectivity index (χ4v) is 1.30. The molecule has 0 saturated heterocycles. The smallest absolute Gasteiger partial charge is 0.338 e. The SMILES string of the molecule is O=C(O)c1cc(F)cc(I)c1F. The van der Waals surface area contributed by atoms with Crippen molar-refractivity contribution in [2.24, 2.45) is 0 Å². The second kappa shape index (κ2) is 3.34. The third-order valence-corrected chi connectivity index (χ3v) is 2.01. The van der Waals surface area contributed by atoms with E-state index >= 15 is 0 Å². The van der Waals surface area contributed by atoms with E-state index in [1.807, 2.05) is 0 Å². The molecule has 0 fully saturated rings. The van der Waals surface area contributed by atoms with Crippen molar-refractivity contribution in [2.75, 3.05) is 0 Å². The van der Waals surface area contributed by atoms with E-state index in [1.54, 1.807) is 0 Å². The van der Waals surface area contributed by atoms with Crippen molar-refractivity contribution in [3.63, 3.8) is 0 Å². The van der Waals surface area contributed by atoms with Gasteiger partial charge in [0, 0.05) is 0 Å². The van der Waals surface area contributed by atoms with E-state index in [2.05, 4.69) is 0 Å². The van der Waals surface area contributed by atoms with Crippen molar-refractivity contribution >= 4 is 28.6 Å². The van der Waals surface area contributed by atoms with Crippen LogP contribution in [0.2, 0.25) is 0 Å². The van der Waals surface area contributed by atoms with E-state index in [9.17, 15) is 13.6 Å². The van der Waals surface area contributed by atoms with Gasteiger partial charge in [-0.15, -0.1) is 0 Å². The fourth-order valence-electron chi connectivity index (χ4n) is 0.712. The Kier molecular flexibility index (Phi) is 2.61. The summed E-state index contributed by atoms with van der Waals surface area (Å²) in [4.78, 5) is 10.3. The molecule has 12 heavy (non-hydrogen) atoms. The van der Waals surface area contributed by atoms with Crippen molar-refractivity contribution in [2.45, 2.75) is 0 Å². The molecule has 0 aliphatic rings. The molecular weight excluding hydrogens is 281 g/mol. The maximum absolute atomic E-state index is 12.9. The number of carboxylic acid groups (broad SMARTS) is 1. The minimum Gasteiger partial charge on any atom is -0.478 e. The van der Waals surface area contributed by atoms with E-state index in [4.69, 9.17) is 5.11 Å². The summed E-state index contributed by atoms with van der Waals surface area (Å²) in [7, 11) is 0. The van der Waals surface area contributed by atoms with Crippen molar-refractivity contribution in [3.05, 3.63) is 32.9 Å². The molecule has 1 aromatic rings. The average Bonchev–Trinajstić information content (AvgIpc) is 1.96. The molecule has 0 heterocycles. The Morgan fingerprint density at radius 3 is 2.50 bits per heavy atom. The first-order valence-electron chi connectivity index (χ1n) is 2.90. The third-order valence-electron chi connectivity index (χ3n) is 1.22. The first-order valence-corrected chi connectivity index (χ1v) is 3.98. The lowest BCUT2D eigenvalue weighted by molar-refractivity contribution is 0.0691. The van der Waals surface area contributed by atoms with Crippen LogP contribution in [-0.4, -0.2) is 11.1 Å². The Morgan fingerprint density at radius 2 is 2.00 bits per heavy atom. The van der Waals surface area contributed by atoms with Crippen LogP contribution in [0.15, 0.2) is 12.1 Å². The Balaban J connectivity index is 3.37. The zero-order valence-electron chi connectivity index (χ0n) is 5.64. The molecule has 0 unspecified atom stereocenters. The van der Waals surface area contributed by atoms with Crippen LogP contribution in [0.5, 0.6) is 0 Å². The summed E-state index contributed by atoms with van der Waals surface area (Å²) in [6.07, 6.45) is 0. The van der Waals surface area contributed by atoms with Crippen LogP contribution in [0, 0.1) is 15.2 Å². The topological polar surface area (TPSA) is 37.3 Å². The van der Waals surface area contributed by atoms with Gasteiger partial charge in [-0.25, -0.2) is 13.6 Å². The second-order valence-corrected chi connectivity index (χ2v) is 3.22. The third kappa shape index (κ3) is 1.71. The molecule has 0 radical (unpaired) electrons. The van der Waals surface area contributed by atoms with E-state index in [0.29, 0.717) is 6.07 Å². The van der Waals surface area contributed by atoms with Gasteiger partial charge >= 0.3 is 5.97 Å². The number of hydrogen-bond acceptors (Lipinski definition) is 1. The number of carbonyl (C=O) groups is 1. The quantitative estimate of drug-likeness (QED) is 0.634. The van der Waals surface area contributed by atoms with E-state index in [0.717, 1.165) is 6.07 Å². The zero-order valence-corrected chi connectivity index (χ0v) is 7.80. The number of rotatable bonds is 1. The monoisotopic (exact) mass is 284 g/mol. The molecule has 0 amide bonds. The van der Waals surface area contributed by atoms with Gasteiger partial charge in [0.15, 0.2) is 5.82 Å². The molecule has 0 spiro atoms. The van der Waals surface area contributed by atoms with Gasteiger partial charge in [0.05, 0.1) is 9.13 Å². The molecule has 0 aliphatic heterocycles.